The molecule has 116 valence electrons. The number of rotatable bonds is 4. The first-order chi connectivity index (χ1) is 10.7. The molecule has 1 aromatic carbocycles. The van der Waals surface area contributed by atoms with Gasteiger partial charge in [0, 0.05) is 28.7 Å². The number of nitrogens with one attached hydrogen (secondary N) is 3. The summed E-state index contributed by atoms with van der Waals surface area (Å²) in [6, 6.07) is 5.69. The maximum absolute atomic E-state index is 12.2. The third kappa shape index (κ3) is 2.84. The van der Waals surface area contributed by atoms with E-state index in [2.05, 4.69) is 15.6 Å². The van der Waals surface area contributed by atoms with Crippen LogP contribution in [0, 0.1) is 0 Å². The Labute approximate surface area is 129 Å². The smallest absolute Gasteiger partial charge is 0.251 e. The molecule has 3 rings (SSSR count). The van der Waals surface area contributed by atoms with E-state index in [-0.39, 0.29) is 18.4 Å². The number of amides is 2. The molecule has 0 atom stereocenters. The van der Waals surface area contributed by atoms with Gasteiger partial charge >= 0.3 is 0 Å². The molecule has 1 aromatic heterocycles. The zero-order valence-corrected chi connectivity index (χ0v) is 12.8. The van der Waals surface area contributed by atoms with Gasteiger partial charge < -0.3 is 15.6 Å². The molecule has 0 unspecified atom stereocenters. The minimum absolute atomic E-state index is 0.00988. The lowest BCUT2D eigenvalue weighted by Crippen LogP contribution is -2.36. The van der Waals surface area contributed by atoms with Crippen molar-refractivity contribution in [1.82, 2.24) is 15.6 Å². The minimum Gasteiger partial charge on any atom is -0.358 e. The maximum atomic E-state index is 12.2. The third-order valence-corrected chi connectivity index (χ3v) is 4.14. The summed E-state index contributed by atoms with van der Waals surface area (Å²) < 4.78 is 0. The Morgan fingerprint density at radius 1 is 1.18 bits per heavy atom. The average molecular weight is 299 g/mol. The highest BCUT2D eigenvalue weighted by Crippen LogP contribution is 2.29. The Morgan fingerprint density at radius 2 is 2.00 bits per heavy atom. The predicted octanol–water partition coefficient (Wildman–Crippen LogP) is 1.91. The SMILES string of the molecule is CCNC(=O)CNC(=O)c1ccc2[nH]c3c(c2c1)CCCC3. The third-order valence-electron chi connectivity index (χ3n) is 4.14. The number of likely N-dealkylation sites (N-methyl/N-ethyl adjacent to an activating group) is 1. The number of H-pyrrole nitrogens is 1. The Kier molecular flexibility index (Phi) is 4.13. The van der Waals surface area contributed by atoms with Gasteiger partial charge in [0.2, 0.25) is 5.91 Å². The van der Waals surface area contributed by atoms with Gasteiger partial charge in [-0.05, 0) is 56.4 Å². The van der Waals surface area contributed by atoms with Crippen LogP contribution in [0.1, 0.15) is 41.4 Å². The zero-order chi connectivity index (χ0) is 15.5. The minimum atomic E-state index is -0.209. The van der Waals surface area contributed by atoms with E-state index in [1.807, 2.05) is 19.1 Å². The van der Waals surface area contributed by atoms with Crippen LogP contribution >= 0.6 is 0 Å². The fraction of sp³-hybridized carbons (Fsp3) is 0.412. The molecule has 5 nitrogen and oxygen atoms in total. The maximum Gasteiger partial charge on any atom is 0.251 e. The van der Waals surface area contributed by atoms with Crippen LogP contribution in [0.3, 0.4) is 0 Å². The van der Waals surface area contributed by atoms with Gasteiger partial charge in [0.05, 0.1) is 6.54 Å². The number of aryl methyl sites for hydroxylation is 2. The van der Waals surface area contributed by atoms with Crippen LogP contribution in [0.2, 0.25) is 0 Å². The molecule has 5 heteroatoms. The number of hydrogen-bond donors (Lipinski definition) is 3. The normalized spacial score (nSPS) is 13.7. The van der Waals surface area contributed by atoms with Crippen molar-refractivity contribution in [3.8, 4) is 0 Å². The monoisotopic (exact) mass is 299 g/mol. The van der Waals surface area contributed by atoms with Crippen molar-refractivity contribution in [2.45, 2.75) is 32.6 Å². The molecule has 1 heterocycles. The molecule has 0 fully saturated rings. The molecular weight excluding hydrogens is 278 g/mol. The van der Waals surface area contributed by atoms with E-state index in [0.29, 0.717) is 12.1 Å². The number of fused-ring (bicyclic) bond motifs is 3. The van der Waals surface area contributed by atoms with Crippen molar-refractivity contribution in [1.29, 1.82) is 0 Å². The summed E-state index contributed by atoms with van der Waals surface area (Å²) in [6.45, 7) is 2.43. The van der Waals surface area contributed by atoms with E-state index in [1.165, 1.54) is 24.1 Å². The van der Waals surface area contributed by atoms with Crippen molar-refractivity contribution >= 4 is 22.7 Å². The number of carbonyl (C=O) groups excluding carboxylic acids is 2. The number of carbonyl (C=O) groups is 2. The van der Waals surface area contributed by atoms with Crippen LogP contribution in [0.25, 0.3) is 10.9 Å². The van der Waals surface area contributed by atoms with Crippen LogP contribution < -0.4 is 10.6 Å². The van der Waals surface area contributed by atoms with Crippen LogP contribution in [0.4, 0.5) is 0 Å². The largest absolute Gasteiger partial charge is 0.358 e. The predicted molar refractivity (Wildman–Crippen MR) is 86.0 cm³/mol. The molecule has 0 radical (unpaired) electrons. The molecule has 22 heavy (non-hydrogen) atoms. The molecule has 0 aliphatic heterocycles. The molecule has 3 N–H and O–H groups in total. The van der Waals surface area contributed by atoms with E-state index in [9.17, 15) is 9.59 Å². The van der Waals surface area contributed by atoms with Gasteiger partial charge in [-0.3, -0.25) is 9.59 Å². The molecule has 0 bridgehead atoms. The average Bonchev–Trinajstić information content (AvgIpc) is 2.90. The Morgan fingerprint density at radius 3 is 2.82 bits per heavy atom. The van der Waals surface area contributed by atoms with Crippen LogP contribution in [-0.4, -0.2) is 29.9 Å². The highest BCUT2D eigenvalue weighted by atomic mass is 16.2. The van der Waals surface area contributed by atoms with E-state index in [0.717, 1.165) is 23.7 Å². The summed E-state index contributed by atoms with van der Waals surface area (Å²) >= 11 is 0. The second kappa shape index (κ2) is 6.22. The van der Waals surface area contributed by atoms with Crippen molar-refractivity contribution in [3.63, 3.8) is 0 Å². The van der Waals surface area contributed by atoms with E-state index >= 15 is 0 Å². The van der Waals surface area contributed by atoms with Gasteiger partial charge in [-0.2, -0.15) is 0 Å². The van der Waals surface area contributed by atoms with Gasteiger partial charge in [-0.25, -0.2) is 0 Å². The first-order valence-electron chi connectivity index (χ1n) is 7.87. The Bertz CT molecular complexity index is 718. The number of aromatic amines is 1. The highest BCUT2D eigenvalue weighted by Gasteiger charge is 2.16. The molecule has 1 aliphatic rings. The zero-order valence-electron chi connectivity index (χ0n) is 12.8. The van der Waals surface area contributed by atoms with E-state index < -0.39 is 0 Å². The van der Waals surface area contributed by atoms with Gasteiger partial charge in [0.25, 0.3) is 5.91 Å². The van der Waals surface area contributed by atoms with E-state index in [4.69, 9.17) is 0 Å². The highest BCUT2D eigenvalue weighted by molar-refractivity contribution is 6.00. The van der Waals surface area contributed by atoms with Gasteiger partial charge in [-0.1, -0.05) is 0 Å². The summed E-state index contributed by atoms with van der Waals surface area (Å²) in [5.74, 6) is -0.380. The quantitative estimate of drug-likeness (QED) is 0.807. The summed E-state index contributed by atoms with van der Waals surface area (Å²) in [7, 11) is 0. The summed E-state index contributed by atoms with van der Waals surface area (Å²) in [5.41, 5.74) is 4.34. The summed E-state index contributed by atoms with van der Waals surface area (Å²) in [6.07, 6.45) is 4.58. The summed E-state index contributed by atoms with van der Waals surface area (Å²) in [5, 5.41) is 6.46. The van der Waals surface area contributed by atoms with E-state index in [1.54, 1.807) is 6.07 Å². The van der Waals surface area contributed by atoms with Crippen molar-refractivity contribution < 1.29 is 9.59 Å². The molecular formula is C17H21N3O2. The van der Waals surface area contributed by atoms with Gasteiger partial charge in [0.15, 0.2) is 0 Å². The molecule has 0 saturated heterocycles. The first kappa shape index (κ1) is 14.6. The lowest BCUT2D eigenvalue weighted by molar-refractivity contribution is -0.120. The molecule has 0 spiro atoms. The lowest BCUT2D eigenvalue weighted by atomic mass is 9.95. The van der Waals surface area contributed by atoms with Gasteiger partial charge in [-0.15, -0.1) is 0 Å². The molecule has 2 amide bonds. The standard InChI is InChI=1S/C17H21N3O2/c1-2-18-16(21)10-19-17(22)11-7-8-15-13(9-11)12-5-3-4-6-14(12)20-15/h7-9,20H,2-6,10H2,1H3,(H,18,21)(H,19,22). The number of benzene rings is 1. The second-order valence-electron chi connectivity index (χ2n) is 5.69. The molecule has 1 aliphatic carbocycles. The van der Waals surface area contributed by atoms with Crippen LogP contribution in [0.5, 0.6) is 0 Å². The number of hydrogen-bond acceptors (Lipinski definition) is 2. The fourth-order valence-electron chi connectivity index (χ4n) is 3.07. The van der Waals surface area contributed by atoms with Crippen molar-refractivity contribution in [2.75, 3.05) is 13.1 Å². The summed E-state index contributed by atoms with van der Waals surface area (Å²) in [4.78, 5) is 27.0. The molecule has 0 saturated carbocycles. The Balaban J connectivity index is 1.79. The van der Waals surface area contributed by atoms with Gasteiger partial charge in [0.1, 0.15) is 0 Å². The first-order valence-corrected chi connectivity index (χ1v) is 7.87. The van der Waals surface area contributed by atoms with Crippen LogP contribution in [-0.2, 0) is 17.6 Å². The number of aromatic nitrogens is 1. The van der Waals surface area contributed by atoms with Crippen molar-refractivity contribution in [2.24, 2.45) is 0 Å². The topological polar surface area (TPSA) is 74.0 Å². The van der Waals surface area contributed by atoms with Crippen LogP contribution in [0.15, 0.2) is 18.2 Å². The molecule has 2 aromatic rings. The van der Waals surface area contributed by atoms with Crippen molar-refractivity contribution in [3.05, 3.63) is 35.0 Å². The second-order valence-corrected chi connectivity index (χ2v) is 5.69. The Hall–Kier alpha value is -2.30. The fourth-order valence-corrected chi connectivity index (χ4v) is 3.07. The lowest BCUT2D eigenvalue weighted by Gasteiger charge is -2.10.